The van der Waals surface area contributed by atoms with Crippen LogP contribution in [0.4, 0.5) is 0 Å². The van der Waals surface area contributed by atoms with Crippen molar-refractivity contribution >= 4 is 34.8 Å². The molecule has 0 saturated heterocycles. The second-order valence-electron chi connectivity index (χ2n) is 6.32. The molecule has 0 aliphatic heterocycles. The molecule has 2 aromatic rings. The zero-order valence-electron chi connectivity index (χ0n) is 16.2. The molecular weight excluding hydrogens is 360 g/mol. The van der Waals surface area contributed by atoms with Crippen LogP contribution in [0.2, 0.25) is 0 Å². The molecule has 0 bridgehead atoms. The second-order valence-corrected chi connectivity index (χ2v) is 6.32. The molecule has 0 radical (unpaired) electrons. The lowest BCUT2D eigenvalue weighted by Gasteiger charge is -2.21. The van der Waals surface area contributed by atoms with E-state index in [4.69, 9.17) is 9.47 Å². The molecule has 28 heavy (non-hydrogen) atoms. The van der Waals surface area contributed by atoms with Gasteiger partial charge in [-0.15, -0.1) is 0 Å². The SMILES string of the molecule is CC[C@H](C)[C@@H](NC(=O)COC(=O)/C=C/c1ccc2ccccc2n1)C(=O)OC. The number of aromatic nitrogens is 1. The lowest BCUT2D eigenvalue weighted by Crippen LogP contribution is -2.47. The molecule has 1 aromatic heterocycles. The van der Waals surface area contributed by atoms with Gasteiger partial charge < -0.3 is 14.8 Å². The molecule has 148 valence electrons. The van der Waals surface area contributed by atoms with E-state index in [1.165, 1.54) is 19.3 Å². The quantitative estimate of drug-likeness (QED) is 0.555. The van der Waals surface area contributed by atoms with E-state index < -0.39 is 30.5 Å². The Hall–Kier alpha value is -3.22. The molecule has 0 unspecified atom stereocenters. The Labute approximate surface area is 163 Å². The van der Waals surface area contributed by atoms with E-state index in [-0.39, 0.29) is 5.92 Å². The van der Waals surface area contributed by atoms with Gasteiger partial charge in [0, 0.05) is 11.5 Å². The van der Waals surface area contributed by atoms with E-state index in [1.54, 1.807) is 6.07 Å². The van der Waals surface area contributed by atoms with Crippen LogP contribution in [-0.2, 0) is 23.9 Å². The van der Waals surface area contributed by atoms with Gasteiger partial charge >= 0.3 is 11.9 Å². The molecule has 7 heteroatoms. The number of hydrogen-bond donors (Lipinski definition) is 1. The molecule has 0 aliphatic rings. The van der Waals surface area contributed by atoms with Gasteiger partial charge in [-0.1, -0.05) is 44.5 Å². The molecule has 2 rings (SSSR count). The number of ether oxygens (including phenoxy) is 2. The number of hydrogen-bond acceptors (Lipinski definition) is 6. The monoisotopic (exact) mass is 384 g/mol. The maximum Gasteiger partial charge on any atom is 0.331 e. The smallest absolute Gasteiger partial charge is 0.331 e. The number of para-hydroxylation sites is 1. The van der Waals surface area contributed by atoms with Crippen LogP contribution in [0.15, 0.2) is 42.5 Å². The molecule has 0 fully saturated rings. The van der Waals surface area contributed by atoms with Crippen LogP contribution in [-0.4, -0.2) is 42.6 Å². The van der Waals surface area contributed by atoms with Crippen molar-refractivity contribution in [2.24, 2.45) is 5.92 Å². The van der Waals surface area contributed by atoms with Crippen molar-refractivity contribution in [1.82, 2.24) is 10.3 Å². The summed E-state index contributed by atoms with van der Waals surface area (Å²) in [5, 5.41) is 3.54. The first-order valence-electron chi connectivity index (χ1n) is 9.02. The van der Waals surface area contributed by atoms with Gasteiger partial charge in [0.05, 0.1) is 18.3 Å². The molecule has 1 aromatic carbocycles. The summed E-state index contributed by atoms with van der Waals surface area (Å²) >= 11 is 0. The number of esters is 2. The third kappa shape index (κ3) is 5.90. The summed E-state index contributed by atoms with van der Waals surface area (Å²) in [5.41, 5.74) is 1.42. The summed E-state index contributed by atoms with van der Waals surface area (Å²) in [5.74, 6) is -1.88. The number of pyridine rings is 1. The van der Waals surface area contributed by atoms with Gasteiger partial charge in [-0.25, -0.2) is 14.6 Å². The number of amides is 1. The first-order valence-corrected chi connectivity index (χ1v) is 9.02. The first kappa shape index (κ1) is 21.1. The Bertz CT molecular complexity index is 878. The minimum absolute atomic E-state index is 0.106. The summed E-state index contributed by atoms with van der Waals surface area (Å²) in [6, 6.07) is 10.5. The zero-order valence-corrected chi connectivity index (χ0v) is 16.2. The third-order valence-electron chi connectivity index (χ3n) is 4.34. The number of methoxy groups -OCH3 is 1. The summed E-state index contributed by atoms with van der Waals surface area (Å²) in [6.45, 7) is 3.24. The lowest BCUT2D eigenvalue weighted by molar-refractivity contribution is -0.148. The highest BCUT2D eigenvalue weighted by Gasteiger charge is 2.26. The number of carbonyl (C=O) groups is 3. The zero-order chi connectivity index (χ0) is 20.5. The van der Waals surface area contributed by atoms with Gasteiger partial charge in [0.25, 0.3) is 5.91 Å². The van der Waals surface area contributed by atoms with E-state index in [2.05, 4.69) is 10.3 Å². The van der Waals surface area contributed by atoms with Gasteiger partial charge in [0.1, 0.15) is 6.04 Å². The predicted octanol–water partition coefficient (Wildman–Crippen LogP) is 2.50. The van der Waals surface area contributed by atoms with Crippen LogP contribution in [0.3, 0.4) is 0 Å². The van der Waals surface area contributed by atoms with E-state index in [9.17, 15) is 14.4 Å². The fourth-order valence-electron chi connectivity index (χ4n) is 2.52. The Morgan fingerprint density at radius 2 is 1.93 bits per heavy atom. The summed E-state index contributed by atoms with van der Waals surface area (Å²) in [7, 11) is 1.26. The molecule has 2 atom stereocenters. The predicted molar refractivity (Wildman–Crippen MR) is 105 cm³/mol. The molecule has 1 amide bonds. The van der Waals surface area contributed by atoms with Gasteiger partial charge in [0.2, 0.25) is 0 Å². The average Bonchev–Trinajstić information content (AvgIpc) is 2.73. The second kappa shape index (κ2) is 10.2. The van der Waals surface area contributed by atoms with Crippen molar-refractivity contribution in [3.05, 3.63) is 48.2 Å². The van der Waals surface area contributed by atoms with Gasteiger partial charge in [-0.3, -0.25) is 4.79 Å². The largest absolute Gasteiger partial charge is 0.467 e. The molecule has 1 N–H and O–H groups in total. The van der Waals surface area contributed by atoms with Crippen molar-refractivity contribution in [3.8, 4) is 0 Å². The van der Waals surface area contributed by atoms with Crippen molar-refractivity contribution in [2.75, 3.05) is 13.7 Å². The number of nitrogens with zero attached hydrogens (tertiary/aromatic N) is 1. The van der Waals surface area contributed by atoms with Crippen LogP contribution < -0.4 is 5.32 Å². The number of benzene rings is 1. The van der Waals surface area contributed by atoms with Crippen LogP contribution in [0.5, 0.6) is 0 Å². The molecule has 0 spiro atoms. The van der Waals surface area contributed by atoms with Crippen LogP contribution in [0, 0.1) is 5.92 Å². The highest BCUT2D eigenvalue weighted by molar-refractivity contribution is 5.90. The Balaban J connectivity index is 1.88. The Morgan fingerprint density at radius 3 is 2.64 bits per heavy atom. The first-order chi connectivity index (χ1) is 13.4. The molecule has 0 aliphatic carbocycles. The standard InChI is InChI=1S/C21H24N2O5/c1-4-14(2)20(21(26)27-3)23-18(24)13-28-19(25)12-11-16-10-9-15-7-5-6-8-17(15)22-16/h5-12,14,20H,4,13H2,1-3H3,(H,23,24)/b12-11+/t14-,20+/m0/s1. The summed E-state index contributed by atoms with van der Waals surface area (Å²) in [4.78, 5) is 40.0. The van der Waals surface area contributed by atoms with Crippen LogP contribution in [0.25, 0.3) is 17.0 Å². The number of carbonyl (C=O) groups excluding carboxylic acids is 3. The van der Waals surface area contributed by atoms with E-state index in [1.807, 2.05) is 44.2 Å². The van der Waals surface area contributed by atoms with Gasteiger partial charge in [-0.05, 0) is 24.1 Å². The van der Waals surface area contributed by atoms with Gasteiger partial charge in [-0.2, -0.15) is 0 Å². The molecular formula is C21H24N2O5. The molecule has 0 saturated carbocycles. The molecule has 7 nitrogen and oxygen atoms in total. The maximum atomic E-state index is 12.0. The minimum atomic E-state index is -0.779. The van der Waals surface area contributed by atoms with Crippen molar-refractivity contribution in [2.45, 2.75) is 26.3 Å². The normalized spacial score (nSPS) is 13.1. The lowest BCUT2D eigenvalue weighted by atomic mass is 9.99. The topological polar surface area (TPSA) is 94.6 Å². The average molecular weight is 384 g/mol. The van der Waals surface area contributed by atoms with Crippen molar-refractivity contribution < 1.29 is 23.9 Å². The van der Waals surface area contributed by atoms with Crippen molar-refractivity contribution in [3.63, 3.8) is 0 Å². The number of rotatable bonds is 8. The fourth-order valence-corrected chi connectivity index (χ4v) is 2.52. The fraction of sp³-hybridized carbons (Fsp3) is 0.333. The van der Waals surface area contributed by atoms with Crippen molar-refractivity contribution in [1.29, 1.82) is 0 Å². The summed E-state index contributed by atoms with van der Waals surface area (Å²) < 4.78 is 9.62. The number of fused-ring (bicyclic) bond motifs is 1. The maximum absolute atomic E-state index is 12.0. The van der Waals surface area contributed by atoms with E-state index in [0.717, 1.165) is 10.9 Å². The Morgan fingerprint density at radius 1 is 1.18 bits per heavy atom. The van der Waals surface area contributed by atoms with Crippen LogP contribution >= 0.6 is 0 Å². The molecule has 1 heterocycles. The van der Waals surface area contributed by atoms with Crippen LogP contribution in [0.1, 0.15) is 26.0 Å². The highest BCUT2D eigenvalue weighted by Crippen LogP contribution is 2.12. The van der Waals surface area contributed by atoms with E-state index in [0.29, 0.717) is 12.1 Å². The number of nitrogens with one attached hydrogen (secondary N) is 1. The minimum Gasteiger partial charge on any atom is -0.467 e. The third-order valence-corrected chi connectivity index (χ3v) is 4.34. The Kier molecular flexibility index (Phi) is 7.68. The summed E-state index contributed by atoms with van der Waals surface area (Å²) in [6.07, 6.45) is 3.40. The van der Waals surface area contributed by atoms with Gasteiger partial charge in [0.15, 0.2) is 6.61 Å². The highest BCUT2D eigenvalue weighted by atomic mass is 16.5. The van der Waals surface area contributed by atoms with E-state index >= 15 is 0 Å².